The van der Waals surface area contributed by atoms with Gasteiger partial charge in [-0.3, -0.25) is 9.59 Å². The van der Waals surface area contributed by atoms with Crippen LogP contribution in [0.2, 0.25) is 6.32 Å². The van der Waals surface area contributed by atoms with Crippen LogP contribution in [0.1, 0.15) is 12.8 Å². The molecule has 1 heterocycles. The number of nitrogens with one attached hydrogen (secondary N) is 1. The molecule has 12 nitrogen and oxygen atoms in total. The van der Waals surface area contributed by atoms with E-state index < -0.39 is 59.9 Å². The summed E-state index contributed by atoms with van der Waals surface area (Å²) in [4.78, 5) is 22.8. The molecule has 1 rings (SSSR count). The van der Waals surface area contributed by atoms with E-state index in [-0.39, 0.29) is 25.7 Å². The molecule has 3 atom stereocenters. The molecule has 0 aliphatic carbocycles. The number of hydrogen-bond donors (Lipinski definition) is 6. The highest BCUT2D eigenvalue weighted by atomic mass is 32.2. The monoisotopic (exact) mass is 396 g/mol. The highest BCUT2D eigenvalue weighted by molar-refractivity contribution is 7.87. The molecule has 0 aromatic rings. The first-order valence-corrected chi connectivity index (χ1v) is 9.34. The standard InChI is InChI=1S/C12H25BN4O8S/c1-25-10(18)9(14)5-16-26(23,24)17-6-8(3-2-4-13(21)22)12(15,7-17)11(19)20/h8-9,16,21-22H,2-7,14-15H2,1H3,(H,19,20)/t8-,9-,12-/m0/s1. The number of esters is 1. The topological polar surface area (TPSA) is 206 Å². The minimum absolute atomic E-state index is 0.0190. The van der Waals surface area contributed by atoms with Crippen molar-refractivity contribution in [2.24, 2.45) is 17.4 Å². The number of methoxy groups -OCH3 is 1. The molecule has 0 unspecified atom stereocenters. The summed E-state index contributed by atoms with van der Waals surface area (Å²) in [6, 6.07) is -1.21. The number of carbonyl (C=O) groups is 2. The average Bonchev–Trinajstić information content (AvgIpc) is 2.91. The largest absolute Gasteiger partial charge is 0.480 e. The van der Waals surface area contributed by atoms with E-state index in [9.17, 15) is 23.1 Å². The Balaban J connectivity index is 2.80. The zero-order valence-electron chi connectivity index (χ0n) is 14.4. The highest BCUT2D eigenvalue weighted by Crippen LogP contribution is 2.31. The Kier molecular flexibility index (Phi) is 7.94. The van der Waals surface area contributed by atoms with E-state index in [0.29, 0.717) is 0 Å². The summed E-state index contributed by atoms with van der Waals surface area (Å²) in [7, 11) is -4.54. The van der Waals surface area contributed by atoms with Gasteiger partial charge in [-0.1, -0.05) is 6.42 Å². The molecule has 150 valence electrons. The molecule has 0 amide bonds. The normalized spacial score (nSPS) is 25.0. The predicted octanol–water partition coefficient (Wildman–Crippen LogP) is -3.71. The van der Waals surface area contributed by atoms with Crippen molar-refractivity contribution in [3.05, 3.63) is 0 Å². The molecule has 1 aliphatic heterocycles. The van der Waals surface area contributed by atoms with Crippen molar-refractivity contribution in [3.8, 4) is 0 Å². The molecule has 0 aromatic carbocycles. The van der Waals surface area contributed by atoms with Crippen LogP contribution in [0.25, 0.3) is 0 Å². The number of nitrogens with two attached hydrogens (primary N) is 2. The number of carboxylic acid groups (broad SMARTS) is 1. The lowest BCUT2D eigenvalue weighted by Gasteiger charge is -2.25. The van der Waals surface area contributed by atoms with E-state index in [4.69, 9.17) is 21.5 Å². The fraction of sp³-hybridized carbons (Fsp3) is 0.833. The Bertz CT molecular complexity index is 618. The van der Waals surface area contributed by atoms with Gasteiger partial charge >= 0.3 is 19.1 Å². The van der Waals surface area contributed by atoms with Crippen molar-refractivity contribution >= 4 is 29.3 Å². The first-order valence-electron chi connectivity index (χ1n) is 7.90. The number of carbonyl (C=O) groups excluding carboxylic acids is 1. The minimum atomic E-state index is -4.12. The van der Waals surface area contributed by atoms with Gasteiger partial charge in [0.05, 0.1) is 7.11 Å². The maximum atomic E-state index is 12.4. The lowest BCUT2D eigenvalue weighted by molar-refractivity contribution is -0.144. The number of nitrogens with zero attached hydrogens (tertiary/aromatic N) is 1. The molecule has 1 aliphatic rings. The van der Waals surface area contributed by atoms with Crippen LogP contribution < -0.4 is 16.2 Å². The third-order valence-electron chi connectivity index (χ3n) is 4.33. The Morgan fingerprint density at radius 1 is 1.46 bits per heavy atom. The fourth-order valence-electron chi connectivity index (χ4n) is 2.74. The maximum absolute atomic E-state index is 12.4. The molecule has 1 fully saturated rings. The molecule has 0 aromatic heterocycles. The van der Waals surface area contributed by atoms with E-state index in [0.717, 1.165) is 11.4 Å². The molecule has 8 N–H and O–H groups in total. The van der Waals surface area contributed by atoms with Gasteiger partial charge in [0.25, 0.3) is 10.2 Å². The Morgan fingerprint density at radius 3 is 2.58 bits per heavy atom. The Morgan fingerprint density at radius 2 is 2.08 bits per heavy atom. The van der Waals surface area contributed by atoms with Crippen molar-refractivity contribution in [2.45, 2.75) is 30.7 Å². The molecule has 26 heavy (non-hydrogen) atoms. The SMILES string of the molecule is COC(=O)[C@@H](N)CNS(=O)(=O)N1C[C@H](CCCB(O)O)[C@](N)(C(=O)O)C1. The van der Waals surface area contributed by atoms with E-state index in [1.54, 1.807) is 0 Å². The van der Waals surface area contributed by atoms with Crippen molar-refractivity contribution in [3.63, 3.8) is 0 Å². The van der Waals surface area contributed by atoms with Gasteiger partial charge in [-0.25, -0.2) is 0 Å². The molecule has 14 heteroatoms. The quantitative estimate of drug-likeness (QED) is 0.157. The summed E-state index contributed by atoms with van der Waals surface area (Å²) in [5.41, 5.74) is 9.58. The average molecular weight is 396 g/mol. The van der Waals surface area contributed by atoms with E-state index in [1.165, 1.54) is 0 Å². The van der Waals surface area contributed by atoms with Gasteiger partial charge in [0.2, 0.25) is 0 Å². The molecule has 0 bridgehead atoms. The summed E-state index contributed by atoms with van der Waals surface area (Å²) in [5.74, 6) is -2.87. The first-order chi connectivity index (χ1) is 11.9. The molecular weight excluding hydrogens is 371 g/mol. The highest BCUT2D eigenvalue weighted by Gasteiger charge is 2.52. The van der Waals surface area contributed by atoms with Crippen LogP contribution in [0, 0.1) is 5.92 Å². The van der Waals surface area contributed by atoms with Gasteiger partial charge < -0.3 is 31.4 Å². The summed E-state index contributed by atoms with van der Waals surface area (Å²) in [6.07, 6.45) is 0.488. The number of hydrogen-bond acceptors (Lipinski definition) is 9. The third kappa shape index (κ3) is 5.60. The van der Waals surface area contributed by atoms with E-state index in [1.807, 2.05) is 0 Å². The summed E-state index contributed by atoms with van der Waals surface area (Å²) in [6.45, 7) is -1.04. The van der Waals surface area contributed by atoms with Crippen LogP contribution in [0.5, 0.6) is 0 Å². The Hall–Kier alpha value is -1.29. The molecule has 0 saturated carbocycles. The number of aliphatic carboxylic acids is 1. The number of carboxylic acids is 1. The fourth-order valence-corrected chi connectivity index (χ4v) is 4.07. The van der Waals surface area contributed by atoms with Crippen LogP contribution in [0.15, 0.2) is 0 Å². The molecule has 1 saturated heterocycles. The molecule has 0 radical (unpaired) electrons. The van der Waals surface area contributed by atoms with Crippen molar-refractivity contribution in [1.29, 1.82) is 0 Å². The van der Waals surface area contributed by atoms with Crippen LogP contribution >= 0.6 is 0 Å². The Labute approximate surface area is 151 Å². The second kappa shape index (κ2) is 9.08. The van der Waals surface area contributed by atoms with Crippen LogP contribution in [0.3, 0.4) is 0 Å². The van der Waals surface area contributed by atoms with Crippen LogP contribution in [-0.4, -0.2) is 85.3 Å². The zero-order chi connectivity index (χ0) is 20.1. The first kappa shape index (κ1) is 22.8. The third-order valence-corrected chi connectivity index (χ3v) is 5.82. The van der Waals surface area contributed by atoms with E-state index >= 15 is 0 Å². The number of ether oxygens (including phenoxy) is 1. The van der Waals surface area contributed by atoms with Gasteiger partial charge in [0.15, 0.2) is 0 Å². The maximum Gasteiger partial charge on any atom is 0.451 e. The zero-order valence-corrected chi connectivity index (χ0v) is 15.2. The molecule has 0 spiro atoms. The van der Waals surface area contributed by atoms with Gasteiger partial charge in [0.1, 0.15) is 11.6 Å². The number of rotatable bonds is 10. The van der Waals surface area contributed by atoms with Gasteiger partial charge in [0, 0.05) is 25.6 Å². The van der Waals surface area contributed by atoms with Crippen molar-refractivity contribution in [2.75, 3.05) is 26.7 Å². The van der Waals surface area contributed by atoms with Crippen LogP contribution in [-0.2, 0) is 24.5 Å². The van der Waals surface area contributed by atoms with Gasteiger partial charge in [-0.15, -0.1) is 0 Å². The summed E-state index contributed by atoms with van der Waals surface area (Å²) in [5, 5.41) is 27.2. The van der Waals surface area contributed by atoms with Crippen molar-refractivity contribution in [1.82, 2.24) is 9.03 Å². The molecular formula is C12H25BN4O8S. The second-order valence-corrected chi connectivity index (χ2v) is 7.98. The van der Waals surface area contributed by atoms with E-state index in [2.05, 4.69) is 9.46 Å². The van der Waals surface area contributed by atoms with Gasteiger partial charge in [-0.05, 0) is 12.7 Å². The van der Waals surface area contributed by atoms with Crippen molar-refractivity contribution < 1.29 is 37.9 Å². The second-order valence-electron chi connectivity index (χ2n) is 6.23. The summed E-state index contributed by atoms with van der Waals surface area (Å²) >= 11 is 0. The van der Waals surface area contributed by atoms with Gasteiger partial charge in [-0.2, -0.15) is 17.4 Å². The lowest BCUT2D eigenvalue weighted by Crippen LogP contribution is -2.55. The predicted molar refractivity (Wildman–Crippen MR) is 90.8 cm³/mol. The van der Waals surface area contributed by atoms with Crippen LogP contribution in [0.4, 0.5) is 0 Å². The minimum Gasteiger partial charge on any atom is -0.480 e. The summed E-state index contributed by atoms with van der Waals surface area (Å²) < 4.78 is 32.1. The lowest BCUT2D eigenvalue weighted by atomic mass is 9.78. The smallest absolute Gasteiger partial charge is 0.451 e.